The SMILES string of the molecule is CC1(C)OB(c2ccc3c(c2)c2c4ccccc4c4ccccc4c2n3-c2ccccc2)OC1(C)C. The minimum Gasteiger partial charge on any atom is -0.399 e. The molecule has 0 N–H and O–H groups in total. The Morgan fingerprint density at radius 2 is 1.14 bits per heavy atom. The van der Waals surface area contributed by atoms with E-state index in [4.69, 9.17) is 9.31 Å². The molecule has 176 valence electrons. The van der Waals surface area contributed by atoms with Crippen molar-refractivity contribution in [2.24, 2.45) is 0 Å². The Kier molecular flexibility index (Phi) is 4.49. The molecule has 0 aliphatic carbocycles. The summed E-state index contributed by atoms with van der Waals surface area (Å²) in [6, 6.07) is 34.8. The number of para-hydroxylation sites is 1. The normalized spacial score (nSPS) is 17.1. The van der Waals surface area contributed by atoms with Gasteiger partial charge in [0.05, 0.1) is 22.2 Å². The molecule has 4 heteroatoms. The second-order valence-electron chi connectivity index (χ2n) is 10.9. The van der Waals surface area contributed by atoms with E-state index >= 15 is 0 Å². The van der Waals surface area contributed by atoms with Crippen LogP contribution in [0.4, 0.5) is 0 Å². The minimum absolute atomic E-state index is 0.381. The maximum absolute atomic E-state index is 6.43. The first-order valence-electron chi connectivity index (χ1n) is 12.6. The summed E-state index contributed by atoms with van der Waals surface area (Å²) in [4.78, 5) is 0. The molecule has 0 amide bonds. The van der Waals surface area contributed by atoms with E-state index in [2.05, 4.69) is 129 Å². The van der Waals surface area contributed by atoms with Crippen LogP contribution >= 0.6 is 0 Å². The van der Waals surface area contributed by atoms with Gasteiger partial charge in [0.15, 0.2) is 0 Å². The molecule has 0 spiro atoms. The molecule has 1 saturated heterocycles. The van der Waals surface area contributed by atoms with Crippen LogP contribution in [0, 0.1) is 0 Å². The molecule has 0 unspecified atom stereocenters. The van der Waals surface area contributed by atoms with Crippen LogP contribution in [0.25, 0.3) is 49.0 Å². The fraction of sp³-hybridized carbons (Fsp3) is 0.188. The molecule has 1 aromatic heterocycles. The van der Waals surface area contributed by atoms with Crippen molar-refractivity contribution < 1.29 is 9.31 Å². The first-order valence-corrected chi connectivity index (χ1v) is 12.6. The molecule has 1 aliphatic rings. The Labute approximate surface area is 211 Å². The van der Waals surface area contributed by atoms with Gasteiger partial charge in [-0.2, -0.15) is 0 Å². The molecule has 1 aliphatic heterocycles. The lowest BCUT2D eigenvalue weighted by Crippen LogP contribution is -2.41. The molecule has 0 bridgehead atoms. The third-order valence-corrected chi connectivity index (χ3v) is 8.20. The summed E-state index contributed by atoms with van der Waals surface area (Å²) in [6.45, 7) is 8.41. The zero-order valence-corrected chi connectivity index (χ0v) is 21.1. The Balaban J connectivity index is 1.63. The van der Waals surface area contributed by atoms with Crippen molar-refractivity contribution in [3.8, 4) is 5.69 Å². The number of hydrogen-bond donors (Lipinski definition) is 0. The number of rotatable bonds is 2. The van der Waals surface area contributed by atoms with Gasteiger partial charge in [0, 0.05) is 21.8 Å². The van der Waals surface area contributed by atoms with E-state index in [-0.39, 0.29) is 11.2 Å². The average molecular weight is 469 g/mol. The predicted octanol–water partition coefficient (Wildman–Crippen LogP) is 7.39. The Morgan fingerprint density at radius 1 is 0.583 bits per heavy atom. The molecule has 0 radical (unpaired) electrons. The van der Waals surface area contributed by atoms with Gasteiger partial charge >= 0.3 is 7.12 Å². The zero-order chi connectivity index (χ0) is 24.7. The summed E-state index contributed by atoms with van der Waals surface area (Å²) in [7, 11) is -0.402. The van der Waals surface area contributed by atoms with Gasteiger partial charge in [0.25, 0.3) is 0 Å². The molecule has 0 atom stereocenters. The first kappa shape index (κ1) is 21.7. The van der Waals surface area contributed by atoms with Crippen LogP contribution < -0.4 is 5.46 Å². The van der Waals surface area contributed by atoms with E-state index in [1.165, 1.54) is 43.4 Å². The van der Waals surface area contributed by atoms with E-state index in [1.807, 2.05) is 0 Å². The van der Waals surface area contributed by atoms with Crippen molar-refractivity contribution in [1.82, 2.24) is 4.57 Å². The molecule has 36 heavy (non-hydrogen) atoms. The molecule has 6 aromatic rings. The van der Waals surface area contributed by atoms with Gasteiger partial charge in [-0.05, 0) is 67.5 Å². The fourth-order valence-corrected chi connectivity index (χ4v) is 5.67. The van der Waals surface area contributed by atoms with Crippen LogP contribution in [0.15, 0.2) is 97.1 Å². The van der Waals surface area contributed by atoms with E-state index in [0.717, 1.165) is 11.2 Å². The quantitative estimate of drug-likeness (QED) is 0.195. The highest BCUT2D eigenvalue weighted by molar-refractivity contribution is 6.62. The number of fused-ring (bicyclic) bond motifs is 8. The van der Waals surface area contributed by atoms with Gasteiger partial charge in [0.1, 0.15) is 0 Å². The van der Waals surface area contributed by atoms with Crippen LogP contribution in [0.1, 0.15) is 27.7 Å². The molecule has 1 fully saturated rings. The topological polar surface area (TPSA) is 23.4 Å². The van der Waals surface area contributed by atoms with Crippen LogP contribution in [0.5, 0.6) is 0 Å². The lowest BCUT2D eigenvalue weighted by molar-refractivity contribution is 0.00578. The first-order chi connectivity index (χ1) is 17.4. The lowest BCUT2D eigenvalue weighted by Gasteiger charge is -2.32. The largest absolute Gasteiger partial charge is 0.494 e. The molecule has 0 saturated carbocycles. The second-order valence-corrected chi connectivity index (χ2v) is 10.9. The molecular weight excluding hydrogens is 441 g/mol. The maximum Gasteiger partial charge on any atom is 0.494 e. The third kappa shape index (κ3) is 2.95. The standard InChI is InChI=1S/C32H28BNO2/c1-31(2)32(3,4)36-33(35-31)21-18-19-28-27(20-21)29-25-16-10-8-14-23(25)24-15-9-11-17-26(24)30(29)34(28)22-12-6-5-7-13-22/h5-20H,1-4H3. The van der Waals surface area contributed by atoms with Crippen molar-refractivity contribution >= 4 is 55.9 Å². The van der Waals surface area contributed by atoms with Crippen LogP contribution in [-0.2, 0) is 9.31 Å². The lowest BCUT2D eigenvalue weighted by atomic mass is 9.78. The molecule has 7 rings (SSSR count). The van der Waals surface area contributed by atoms with Crippen molar-refractivity contribution in [3.05, 3.63) is 97.1 Å². The van der Waals surface area contributed by atoms with Crippen molar-refractivity contribution in [2.75, 3.05) is 0 Å². The van der Waals surface area contributed by atoms with E-state index in [1.54, 1.807) is 0 Å². The molecule has 3 nitrogen and oxygen atoms in total. The maximum atomic E-state index is 6.43. The number of hydrogen-bond acceptors (Lipinski definition) is 2. The van der Waals surface area contributed by atoms with Crippen molar-refractivity contribution in [1.29, 1.82) is 0 Å². The molecular formula is C32H28BNO2. The summed E-state index contributed by atoms with van der Waals surface area (Å²) in [5.74, 6) is 0. The van der Waals surface area contributed by atoms with E-state index in [9.17, 15) is 0 Å². The van der Waals surface area contributed by atoms with Crippen molar-refractivity contribution in [2.45, 2.75) is 38.9 Å². The Bertz CT molecular complexity index is 1780. The predicted molar refractivity (Wildman–Crippen MR) is 152 cm³/mol. The van der Waals surface area contributed by atoms with Crippen molar-refractivity contribution in [3.63, 3.8) is 0 Å². The van der Waals surface area contributed by atoms with Crippen LogP contribution in [0.3, 0.4) is 0 Å². The highest BCUT2D eigenvalue weighted by Gasteiger charge is 2.51. The smallest absolute Gasteiger partial charge is 0.399 e. The summed E-state index contributed by atoms with van der Waals surface area (Å²) in [5.41, 5.74) is 3.85. The van der Waals surface area contributed by atoms with Gasteiger partial charge in [-0.15, -0.1) is 0 Å². The van der Waals surface area contributed by atoms with Gasteiger partial charge in [-0.3, -0.25) is 0 Å². The number of aromatic nitrogens is 1. The molecule has 5 aromatic carbocycles. The van der Waals surface area contributed by atoms with Crippen LogP contribution in [-0.4, -0.2) is 22.9 Å². The number of benzene rings is 5. The Morgan fingerprint density at radius 3 is 1.81 bits per heavy atom. The second kappa shape index (κ2) is 7.46. The highest BCUT2D eigenvalue weighted by atomic mass is 16.7. The summed E-state index contributed by atoms with van der Waals surface area (Å²) >= 11 is 0. The summed E-state index contributed by atoms with van der Waals surface area (Å²) < 4.78 is 15.3. The van der Waals surface area contributed by atoms with E-state index in [0.29, 0.717) is 0 Å². The van der Waals surface area contributed by atoms with Gasteiger partial charge in [-0.1, -0.05) is 78.9 Å². The third-order valence-electron chi connectivity index (χ3n) is 8.20. The Hall–Kier alpha value is -3.60. The van der Waals surface area contributed by atoms with Crippen LogP contribution in [0.2, 0.25) is 0 Å². The summed E-state index contributed by atoms with van der Waals surface area (Å²) in [6.07, 6.45) is 0. The molecule has 2 heterocycles. The highest BCUT2D eigenvalue weighted by Crippen LogP contribution is 2.42. The fourth-order valence-electron chi connectivity index (χ4n) is 5.67. The van der Waals surface area contributed by atoms with Gasteiger partial charge in [0.2, 0.25) is 0 Å². The van der Waals surface area contributed by atoms with Gasteiger partial charge < -0.3 is 13.9 Å². The number of nitrogens with zero attached hydrogens (tertiary/aromatic N) is 1. The van der Waals surface area contributed by atoms with E-state index < -0.39 is 7.12 Å². The monoisotopic (exact) mass is 469 g/mol. The van der Waals surface area contributed by atoms with Gasteiger partial charge in [-0.25, -0.2) is 0 Å². The summed E-state index contributed by atoms with van der Waals surface area (Å²) in [5, 5.41) is 7.53. The minimum atomic E-state index is -0.402. The zero-order valence-electron chi connectivity index (χ0n) is 21.1. The average Bonchev–Trinajstić information content (AvgIpc) is 3.34.